The quantitative estimate of drug-likeness (QED) is 0.708. The van der Waals surface area contributed by atoms with Crippen LogP contribution in [0.3, 0.4) is 0 Å². The molecule has 4 nitrogen and oxygen atoms in total. The van der Waals surface area contributed by atoms with Crippen molar-refractivity contribution in [2.75, 3.05) is 0 Å². The van der Waals surface area contributed by atoms with Gasteiger partial charge in [0.1, 0.15) is 5.82 Å². The van der Waals surface area contributed by atoms with E-state index in [0.29, 0.717) is 0 Å². The Balaban J connectivity index is 2.97. The zero-order valence-corrected chi connectivity index (χ0v) is 7.70. The predicted molar refractivity (Wildman–Crippen MR) is 48.2 cm³/mol. The number of aromatic nitrogens is 3. The van der Waals surface area contributed by atoms with Crippen molar-refractivity contribution in [2.45, 2.75) is 20.3 Å². The van der Waals surface area contributed by atoms with Gasteiger partial charge in [-0.2, -0.15) is 0 Å². The van der Waals surface area contributed by atoms with Crippen molar-refractivity contribution in [2.24, 2.45) is 12.8 Å². The number of hydrogen-bond acceptors (Lipinski definition) is 3. The highest BCUT2D eigenvalue weighted by atomic mass is 15.3. The van der Waals surface area contributed by atoms with E-state index in [1.807, 2.05) is 31.5 Å². The zero-order chi connectivity index (χ0) is 9.14. The summed E-state index contributed by atoms with van der Waals surface area (Å²) in [6.07, 6.45) is 2.69. The number of aryl methyl sites for hydroxylation is 1. The van der Waals surface area contributed by atoms with E-state index < -0.39 is 0 Å². The Labute approximate surface area is 72.1 Å². The fourth-order valence-corrected chi connectivity index (χ4v) is 0.817. The maximum absolute atomic E-state index is 5.66. The maximum Gasteiger partial charge on any atom is 0.158 e. The Kier molecular flexibility index (Phi) is 2.47. The molecule has 1 heterocycles. The first-order valence-corrected chi connectivity index (χ1v) is 3.97. The van der Waals surface area contributed by atoms with E-state index >= 15 is 0 Å². The Bertz CT molecular complexity index is 298. The molecule has 0 unspecified atom stereocenters. The molecule has 0 aliphatic heterocycles. The smallest absolute Gasteiger partial charge is 0.158 e. The van der Waals surface area contributed by atoms with E-state index in [0.717, 1.165) is 23.8 Å². The van der Waals surface area contributed by atoms with Crippen LogP contribution in [0.5, 0.6) is 0 Å². The maximum atomic E-state index is 5.66. The standard InChI is InChI=1S/C8H14N4/c1-4-7(9)5-8-11-10-6(2)12(8)3/h5H,4,9H2,1-3H3/b7-5+. The molecule has 4 heteroatoms. The van der Waals surface area contributed by atoms with E-state index in [9.17, 15) is 0 Å². The first-order chi connectivity index (χ1) is 5.65. The fourth-order valence-electron chi connectivity index (χ4n) is 0.817. The number of allylic oxidation sites excluding steroid dienone is 1. The second-order valence-corrected chi connectivity index (χ2v) is 2.74. The minimum atomic E-state index is 0.812. The van der Waals surface area contributed by atoms with Crippen LogP contribution in [0.2, 0.25) is 0 Å². The van der Waals surface area contributed by atoms with Crippen molar-refractivity contribution in [1.29, 1.82) is 0 Å². The lowest BCUT2D eigenvalue weighted by Gasteiger charge is -1.97. The van der Waals surface area contributed by atoms with Crippen LogP contribution in [0.1, 0.15) is 25.0 Å². The van der Waals surface area contributed by atoms with Crippen LogP contribution < -0.4 is 5.73 Å². The van der Waals surface area contributed by atoms with Crippen molar-refractivity contribution < 1.29 is 0 Å². The highest BCUT2D eigenvalue weighted by molar-refractivity contribution is 5.43. The molecule has 0 atom stereocenters. The molecule has 0 saturated carbocycles. The second-order valence-electron chi connectivity index (χ2n) is 2.74. The van der Waals surface area contributed by atoms with Gasteiger partial charge in [-0.25, -0.2) is 0 Å². The number of nitrogens with two attached hydrogens (primary N) is 1. The summed E-state index contributed by atoms with van der Waals surface area (Å²) in [6, 6.07) is 0. The SMILES string of the molecule is CC/C(N)=C\c1nnc(C)n1C. The lowest BCUT2D eigenvalue weighted by molar-refractivity contribution is 0.847. The highest BCUT2D eigenvalue weighted by Gasteiger charge is 2.00. The molecule has 0 amide bonds. The van der Waals surface area contributed by atoms with Gasteiger partial charge in [-0.05, 0) is 13.3 Å². The molecule has 0 bridgehead atoms. The Morgan fingerprint density at radius 2 is 2.25 bits per heavy atom. The zero-order valence-electron chi connectivity index (χ0n) is 7.70. The molecular formula is C8H14N4. The Hall–Kier alpha value is -1.32. The van der Waals surface area contributed by atoms with Gasteiger partial charge in [-0.3, -0.25) is 0 Å². The topological polar surface area (TPSA) is 56.7 Å². The average Bonchev–Trinajstić information content (AvgIpc) is 2.36. The number of hydrogen-bond donors (Lipinski definition) is 1. The summed E-state index contributed by atoms with van der Waals surface area (Å²) in [4.78, 5) is 0. The van der Waals surface area contributed by atoms with Gasteiger partial charge in [0.25, 0.3) is 0 Å². The van der Waals surface area contributed by atoms with E-state index in [4.69, 9.17) is 5.73 Å². The number of rotatable bonds is 2. The summed E-state index contributed by atoms with van der Waals surface area (Å²) >= 11 is 0. The largest absolute Gasteiger partial charge is 0.402 e. The summed E-state index contributed by atoms with van der Waals surface area (Å²) in [5.74, 6) is 1.71. The van der Waals surface area contributed by atoms with Crippen molar-refractivity contribution in [3.05, 3.63) is 17.3 Å². The highest BCUT2D eigenvalue weighted by Crippen LogP contribution is 2.03. The average molecular weight is 166 g/mol. The number of nitrogens with zero attached hydrogens (tertiary/aromatic N) is 3. The van der Waals surface area contributed by atoms with Crippen LogP contribution in [-0.2, 0) is 7.05 Å². The van der Waals surface area contributed by atoms with Crippen molar-refractivity contribution in [3.8, 4) is 0 Å². The lowest BCUT2D eigenvalue weighted by Crippen LogP contribution is -1.99. The van der Waals surface area contributed by atoms with Crippen LogP contribution in [-0.4, -0.2) is 14.8 Å². The first-order valence-electron chi connectivity index (χ1n) is 3.97. The van der Waals surface area contributed by atoms with Crippen LogP contribution in [0, 0.1) is 6.92 Å². The summed E-state index contributed by atoms with van der Waals surface area (Å²) < 4.78 is 1.91. The van der Waals surface area contributed by atoms with Gasteiger partial charge in [-0.1, -0.05) is 6.92 Å². The Morgan fingerprint density at radius 3 is 2.67 bits per heavy atom. The molecular weight excluding hydrogens is 152 g/mol. The molecule has 0 radical (unpaired) electrons. The van der Waals surface area contributed by atoms with Crippen molar-refractivity contribution >= 4 is 6.08 Å². The minimum Gasteiger partial charge on any atom is -0.402 e. The molecule has 66 valence electrons. The minimum absolute atomic E-state index is 0.812. The van der Waals surface area contributed by atoms with Gasteiger partial charge < -0.3 is 10.3 Å². The third kappa shape index (κ3) is 1.64. The molecule has 0 aliphatic rings. The molecule has 0 aliphatic carbocycles. The summed E-state index contributed by atoms with van der Waals surface area (Å²) in [5, 5.41) is 7.88. The van der Waals surface area contributed by atoms with E-state index in [1.54, 1.807) is 0 Å². The molecule has 0 saturated heterocycles. The molecule has 0 fully saturated rings. The van der Waals surface area contributed by atoms with Crippen molar-refractivity contribution in [1.82, 2.24) is 14.8 Å². The second kappa shape index (κ2) is 3.38. The normalized spacial score (nSPS) is 12.1. The monoisotopic (exact) mass is 166 g/mol. The van der Waals surface area contributed by atoms with Crippen LogP contribution in [0.15, 0.2) is 5.70 Å². The van der Waals surface area contributed by atoms with Gasteiger partial charge in [0.2, 0.25) is 0 Å². The third-order valence-electron chi connectivity index (χ3n) is 1.85. The van der Waals surface area contributed by atoms with Gasteiger partial charge >= 0.3 is 0 Å². The molecule has 12 heavy (non-hydrogen) atoms. The molecule has 1 rings (SSSR count). The van der Waals surface area contributed by atoms with E-state index in [-0.39, 0.29) is 0 Å². The van der Waals surface area contributed by atoms with Gasteiger partial charge in [0.15, 0.2) is 5.82 Å². The summed E-state index contributed by atoms with van der Waals surface area (Å²) in [6.45, 7) is 3.92. The van der Waals surface area contributed by atoms with E-state index in [2.05, 4.69) is 10.2 Å². The molecule has 2 N–H and O–H groups in total. The van der Waals surface area contributed by atoms with Crippen LogP contribution in [0.25, 0.3) is 6.08 Å². The van der Waals surface area contributed by atoms with Gasteiger partial charge in [0.05, 0.1) is 0 Å². The van der Waals surface area contributed by atoms with Gasteiger partial charge in [0, 0.05) is 18.8 Å². The fraction of sp³-hybridized carbons (Fsp3) is 0.500. The summed E-state index contributed by atoms with van der Waals surface area (Å²) in [5.41, 5.74) is 6.49. The first kappa shape index (κ1) is 8.77. The summed E-state index contributed by atoms with van der Waals surface area (Å²) in [7, 11) is 1.92. The van der Waals surface area contributed by atoms with Crippen LogP contribution >= 0.6 is 0 Å². The van der Waals surface area contributed by atoms with Gasteiger partial charge in [-0.15, -0.1) is 10.2 Å². The predicted octanol–water partition coefficient (Wildman–Crippen LogP) is 0.833. The Morgan fingerprint density at radius 1 is 1.58 bits per heavy atom. The molecule has 1 aromatic heterocycles. The molecule has 0 spiro atoms. The van der Waals surface area contributed by atoms with Crippen molar-refractivity contribution in [3.63, 3.8) is 0 Å². The lowest BCUT2D eigenvalue weighted by atomic mass is 10.3. The van der Waals surface area contributed by atoms with Crippen LogP contribution in [0.4, 0.5) is 0 Å². The third-order valence-corrected chi connectivity index (χ3v) is 1.85. The van der Waals surface area contributed by atoms with E-state index in [1.165, 1.54) is 0 Å². The molecule has 1 aromatic rings. The molecule has 0 aromatic carbocycles.